The molecule has 3 aromatic rings. The minimum Gasteiger partial charge on any atom is -0.497 e. The van der Waals surface area contributed by atoms with Gasteiger partial charge in [-0.2, -0.15) is 0 Å². The number of aromatic nitrogens is 2. The van der Waals surface area contributed by atoms with Crippen LogP contribution in [0.25, 0.3) is 11.0 Å². The maximum atomic E-state index is 12.9. The number of methoxy groups -OCH3 is 1. The molecule has 1 N–H and O–H groups in total. The number of benzene rings is 1. The van der Waals surface area contributed by atoms with Gasteiger partial charge < -0.3 is 19.5 Å². The van der Waals surface area contributed by atoms with E-state index in [0.29, 0.717) is 6.54 Å². The summed E-state index contributed by atoms with van der Waals surface area (Å²) in [6.45, 7) is 3.26. The van der Waals surface area contributed by atoms with E-state index in [2.05, 4.69) is 14.9 Å². The van der Waals surface area contributed by atoms with Crippen LogP contribution in [0.1, 0.15) is 6.92 Å². The van der Waals surface area contributed by atoms with Crippen LogP contribution in [-0.4, -0.2) is 42.1 Å². The molecule has 1 amide bonds. The molecule has 1 aliphatic rings. The lowest BCUT2D eigenvalue weighted by molar-refractivity contribution is -0.120. The fourth-order valence-electron chi connectivity index (χ4n) is 3.30. The van der Waals surface area contributed by atoms with Gasteiger partial charge in [-0.05, 0) is 37.3 Å². The summed E-state index contributed by atoms with van der Waals surface area (Å²) in [5.74, 6) is 1.63. The number of aromatic amines is 1. The highest BCUT2D eigenvalue weighted by Gasteiger charge is 2.33. The molecule has 0 radical (unpaired) electrons. The number of hydrogen-bond acceptors (Lipinski definition) is 4. The average molecular weight is 336 g/mol. The zero-order chi connectivity index (χ0) is 17.4. The number of amides is 1. The highest BCUT2D eigenvalue weighted by Crippen LogP contribution is 2.27. The zero-order valence-electron chi connectivity index (χ0n) is 14.3. The van der Waals surface area contributed by atoms with E-state index in [1.54, 1.807) is 7.11 Å². The Kier molecular flexibility index (Phi) is 3.80. The smallest absolute Gasteiger partial charge is 0.249 e. The number of H-pyrrole nitrogens is 1. The predicted octanol–water partition coefficient (Wildman–Crippen LogP) is 2.81. The van der Waals surface area contributed by atoms with E-state index in [4.69, 9.17) is 4.74 Å². The van der Waals surface area contributed by atoms with Crippen LogP contribution in [0, 0.1) is 0 Å². The summed E-state index contributed by atoms with van der Waals surface area (Å²) in [6.07, 6.45) is 1.87. The van der Waals surface area contributed by atoms with Gasteiger partial charge in [-0.15, -0.1) is 0 Å². The topological polar surface area (TPSA) is 61.5 Å². The van der Waals surface area contributed by atoms with Gasteiger partial charge in [-0.3, -0.25) is 4.79 Å². The number of fused-ring (bicyclic) bond motifs is 1. The third-order valence-corrected chi connectivity index (χ3v) is 4.71. The summed E-state index contributed by atoms with van der Waals surface area (Å²) in [5.41, 5.74) is 1.70. The van der Waals surface area contributed by atoms with Crippen LogP contribution in [0.3, 0.4) is 0 Å². The Morgan fingerprint density at radius 3 is 2.92 bits per heavy atom. The minimum absolute atomic E-state index is 0.0629. The van der Waals surface area contributed by atoms with Gasteiger partial charge >= 0.3 is 0 Å². The fraction of sp³-hybridized carbons (Fsp3) is 0.263. The van der Waals surface area contributed by atoms with Gasteiger partial charge in [-0.25, -0.2) is 4.98 Å². The average Bonchev–Trinajstić information content (AvgIpc) is 3.11. The third kappa shape index (κ3) is 2.69. The number of anilines is 2. The van der Waals surface area contributed by atoms with Gasteiger partial charge in [0.2, 0.25) is 5.91 Å². The molecule has 6 heteroatoms. The largest absolute Gasteiger partial charge is 0.497 e. The lowest BCUT2D eigenvalue weighted by atomic mass is 10.1. The summed E-state index contributed by atoms with van der Waals surface area (Å²) < 4.78 is 5.27. The van der Waals surface area contributed by atoms with Crippen molar-refractivity contribution in [3.8, 4) is 5.75 Å². The molecular formula is C19H20N4O2. The van der Waals surface area contributed by atoms with Gasteiger partial charge in [0.25, 0.3) is 0 Å². The highest BCUT2D eigenvalue weighted by atomic mass is 16.5. The minimum atomic E-state index is -0.278. The van der Waals surface area contributed by atoms with Crippen molar-refractivity contribution in [3.63, 3.8) is 0 Å². The van der Waals surface area contributed by atoms with E-state index in [1.807, 2.05) is 60.5 Å². The van der Waals surface area contributed by atoms with Crippen molar-refractivity contribution in [3.05, 3.63) is 48.7 Å². The monoisotopic (exact) mass is 336 g/mol. The molecular weight excluding hydrogens is 316 g/mol. The lowest BCUT2D eigenvalue weighted by Gasteiger charge is -2.39. The molecule has 1 unspecified atom stereocenters. The summed E-state index contributed by atoms with van der Waals surface area (Å²) in [5, 5.41) is 1.07. The summed E-state index contributed by atoms with van der Waals surface area (Å²) >= 11 is 0. The molecule has 0 saturated carbocycles. The first-order valence-corrected chi connectivity index (χ1v) is 8.33. The van der Waals surface area contributed by atoms with Crippen LogP contribution in [0.15, 0.2) is 48.7 Å². The Bertz CT molecular complexity index is 920. The molecule has 0 bridgehead atoms. The quantitative estimate of drug-likeness (QED) is 0.799. The van der Waals surface area contributed by atoms with Crippen molar-refractivity contribution in [2.24, 2.45) is 0 Å². The molecule has 1 aromatic carbocycles. The van der Waals surface area contributed by atoms with Crippen molar-refractivity contribution in [1.29, 1.82) is 0 Å². The number of carbonyl (C=O) groups excluding carboxylic acids is 1. The second-order valence-corrected chi connectivity index (χ2v) is 6.15. The van der Waals surface area contributed by atoms with Crippen molar-refractivity contribution >= 4 is 28.4 Å². The number of hydrogen-bond donors (Lipinski definition) is 1. The molecule has 0 aliphatic carbocycles. The molecule has 25 heavy (non-hydrogen) atoms. The first kappa shape index (κ1) is 15.5. The summed E-state index contributed by atoms with van der Waals surface area (Å²) in [6, 6.07) is 13.3. The number of pyridine rings is 1. The van der Waals surface area contributed by atoms with E-state index in [9.17, 15) is 4.79 Å². The van der Waals surface area contributed by atoms with Crippen molar-refractivity contribution < 1.29 is 9.53 Å². The van der Waals surface area contributed by atoms with Crippen LogP contribution in [-0.2, 0) is 4.79 Å². The Morgan fingerprint density at radius 1 is 1.20 bits per heavy atom. The van der Waals surface area contributed by atoms with Crippen LogP contribution in [0.4, 0.5) is 11.5 Å². The molecule has 2 aromatic heterocycles. The van der Waals surface area contributed by atoms with E-state index in [1.165, 1.54) is 0 Å². The first-order valence-electron chi connectivity index (χ1n) is 8.33. The van der Waals surface area contributed by atoms with E-state index in [-0.39, 0.29) is 11.9 Å². The van der Waals surface area contributed by atoms with Crippen LogP contribution >= 0.6 is 0 Å². The van der Waals surface area contributed by atoms with Gasteiger partial charge in [0, 0.05) is 36.4 Å². The standard InChI is InChI=1S/C19H20N4O2/c1-13-19(24)23(15-4-3-5-16(12-15)25-2)11-10-22(13)17-7-6-14-8-9-20-18(14)21-17/h3-9,12-13H,10-11H2,1-2H3,(H,20,21). The number of nitrogens with one attached hydrogen (secondary N) is 1. The van der Waals surface area contributed by atoms with Gasteiger partial charge in [0.15, 0.2) is 0 Å². The molecule has 128 valence electrons. The van der Waals surface area contributed by atoms with Crippen molar-refractivity contribution in [2.75, 3.05) is 30.0 Å². The second-order valence-electron chi connectivity index (χ2n) is 6.15. The molecule has 1 atom stereocenters. The number of piperazine rings is 1. The SMILES string of the molecule is COc1cccc(N2CCN(c3ccc4cc[nH]c4n3)C(C)C2=O)c1. The zero-order valence-corrected chi connectivity index (χ0v) is 14.3. The lowest BCUT2D eigenvalue weighted by Crippen LogP contribution is -2.56. The van der Waals surface area contributed by atoms with Crippen molar-refractivity contribution in [2.45, 2.75) is 13.0 Å². The Morgan fingerprint density at radius 2 is 2.08 bits per heavy atom. The van der Waals surface area contributed by atoms with E-state index in [0.717, 1.165) is 34.8 Å². The second kappa shape index (κ2) is 6.12. The number of carbonyl (C=O) groups is 1. The number of ether oxygens (including phenoxy) is 1. The fourth-order valence-corrected chi connectivity index (χ4v) is 3.30. The number of nitrogens with zero attached hydrogens (tertiary/aromatic N) is 3. The molecule has 3 heterocycles. The number of rotatable bonds is 3. The van der Waals surface area contributed by atoms with Crippen LogP contribution in [0.2, 0.25) is 0 Å². The molecule has 4 rings (SSSR count). The molecule has 1 fully saturated rings. The molecule has 6 nitrogen and oxygen atoms in total. The van der Waals surface area contributed by atoms with E-state index < -0.39 is 0 Å². The maximum absolute atomic E-state index is 12.9. The Balaban J connectivity index is 1.60. The van der Waals surface area contributed by atoms with Gasteiger partial charge in [0.05, 0.1) is 7.11 Å². The Labute approximate surface area is 146 Å². The highest BCUT2D eigenvalue weighted by molar-refractivity contribution is 6.00. The van der Waals surface area contributed by atoms with Crippen LogP contribution < -0.4 is 14.5 Å². The molecule has 0 spiro atoms. The molecule has 1 saturated heterocycles. The summed E-state index contributed by atoms with van der Waals surface area (Å²) in [7, 11) is 1.63. The predicted molar refractivity (Wildman–Crippen MR) is 98.2 cm³/mol. The van der Waals surface area contributed by atoms with Gasteiger partial charge in [0.1, 0.15) is 23.3 Å². The van der Waals surface area contributed by atoms with Crippen LogP contribution in [0.5, 0.6) is 5.75 Å². The van der Waals surface area contributed by atoms with Gasteiger partial charge in [-0.1, -0.05) is 6.07 Å². The maximum Gasteiger partial charge on any atom is 0.249 e. The normalized spacial score (nSPS) is 18.0. The van der Waals surface area contributed by atoms with Crippen molar-refractivity contribution in [1.82, 2.24) is 9.97 Å². The van der Waals surface area contributed by atoms with E-state index >= 15 is 0 Å². The molecule has 1 aliphatic heterocycles. The first-order chi connectivity index (χ1) is 12.2. The summed E-state index contributed by atoms with van der Waals surface area (Å²) in [4.78, 5) is 24.6. The Hall–Kier alpha value is -3.02. The third-order valence-electron chi connectivity index (χ3n) is 4.71.